The second-order valence-electron chi connectivity index (χ2n) is 5.31. The quantitative estimate of drug-likeness (QED) is 0.749. The van der Waals surface area contributed by atoms with Crippen LogP contribution in [0.3, 0.4) is 0 Å². The first-order valence-electron chi connectivity index (χ1n) is 7.12. The highest BCUT2D eigenvalue weighted by molar-refractivity contribution is 5.39. The van der Waals surface area contributed by atoms with E-state index in [0.29, 0.717) is 6.04 Å². The summed E-state index contributed by atoms with van der Waals surface area (Å²) in [5, 5.41) is 0. The van der Waals surface area contributed by atoms with E-state index in [1.165, 1.54) is 24.0 Å². The van der Waals surface area contributed by atoms with Crippen molar-refractivity contribution in [3.05, 3.63) is 29.3 Å². The smallest absolute Gasteiger partial charge is 0.169 e. The predicted molar refractivity (Wildman–Crippen MR) is 79.1 cm³/mol. The van der Waals surface area contributed by atoms with Crippen LogP contribution >= 0.6 is 0 Å². The van der Waals surface area contributed by atoms with E-state index in [1.807, 2.05) is 0 Å². The van der Waals surface area contributed by atoms with Gasteiger partial charge in [-0.2, -0.15) is 0 Å². The molecule has 0 aliphatic heterocycles. The molecule has 1 aromatic carbocycles. The summed E-state index contributed by atoms with van der Waals surface area (Å²) >= 11 is 0. The van der Waals surface area contributed by atoms with Gasteiger partial charge in [-0.15, -0.1) is 0 Å². The van der Waals surface area contributed by atoms with Gasteiger partial charge in [0.2, 0.25) is 0 Å². The molecule has 20 heavy (non-hydrogen) atoms. The second-order valence-corrected chi connectivity index (χ2v) is 5.31. The van der Waals surface area contributed by atoms with Crippen LogP contribution in [0.5, 0.6) is 5.75 Å². The number of rotatable bonds is 6. The maximum atomic E-state index is 5.32. The molecule has 0 amide bonds. The molecule has 0 aromatic heterocycles. The van der Waals surface area contributed by atoms with Crippen LogP contribution in [0.2, 0.25) is 0 Å². The van der Waals surface area contributed by atoms with Gasteiger partial charge >= 0.3 is 0 Å². The van der Waals surface area contributed by atoms with Crippen molar-refractivity contribution in [2.45, 2.75) is 31.6 Å². The Bertz CT molecular complexity index is 432. The lowest BCUT2D eigenvalue weighted by Crippen LogP contribution is -2.36. The summed E-state index contributed by atoms with van der Waals surface area (Å²) in [6, 6.07) is 6.84. The Kier molecular flexibility index (Phi) is 5.40. The van der Waals surface area contributed by atoms with Gasteiger partial charge in [-0.25, -0.2) is 0 Å². The molecule has 4 heteroatoms. The Balaban J connectivity index is 2.15. The monoisotopic (exact) mass is 279 g/mol. The fraction of sp³-hybridized carbons (Fsp3) is 0.625. The highest BCUT2D eigenvalue weighted by Crippen LogP contribution is 2.35. The number of benzene rings is 1. The second kappa shape index (κ2) is 7.07. The molecule has 1 aromatic rings. The van der Waals surface area contributed by atoms with Crippen molar-refractivity contribution >= 4 is 0 Å². The summed E-state index contributed by atoms with van der Waals surface area (Å²) in [5.74, 6) is 0.943. The van der Waals surface area contributed by atoms with Gasteiger partial charge in [-0.3, -0.25) is 4.90 Å². The number of fused-ring (bicyclic) bond motifs is 1. The topological polar surface area (TPSA) is 30.9 Å². The number of aryl methyl sites for hydroxylation is 1. The Labute approximate surface area is 121 Å². The Morgan fingerprint density at radius 2 is 2.00 bits per heavy atom. The van der Waals surface area contributed by atoms with E-state index in [2.05, 4.69) is 30.1 Å². The van der Waals surface area contributed by atoms with Gasteiger partial charge in [0.15, 0.2) is 6.29 Å². The van der Waals surface area contributed by atoms with Crippen LogP contribution < -0.4 is 4.74 Å². The van der Waals surface area contributed by atoms with Gasteiger partial charge in [0.1, 0.15) is 5.75 Å². The zero-order valence-electron chi connectivity index (χ0n) is 12.9. The zero-order chi connectivity index (χ0) is 14.5. The fourth-order valence-corrected chi connectivity index (χ4v) is 2.96. The highest BCUT2D eigenvalue weighted by atomic mass is 16.7. The molecule has 0 N–H and O–H groups in total. The summed E-state index contributed by atoms with van der Waals surface area (Å²) in [4.78, 5) is 2.32. The highest BCUT2D eigenvalue weighted by Gasteiger charge is 2.25. The van der Waals surface area contributed by atoms with Gasteiger partial charge in [0.25, 0.3) is 0 Å². The number of hydrogen-bond acceptors (Lipinski definition) is 4. The molecule has 0 fully saturated rings. The summed E-state index contributed by atoms with van der Waals surface area (Å²) in [7, 11) is 7.22. The van der Waals surface area contributed by atoms with E-state index in [4.69, 9.17) is 14.2 Å². The minimum atomic E-state index is -0.177. The van der Waals surface area contributed by atoms with Crippen LogP contribution in [0, 0.1) is 0 Å². The van der Waals surface area contributed by atoms with E-state index in [9.17, 15) is 0 Å². The van der Waals surface area contributed by atoms with Gasteiger partial charge < -0.3 is 14.2 Å². The largest absolute Gasteiger partial charge is 0.497 e. The maximum Gasteiger partial charge on any atom is 0.169 e. The van der Waals surface area contributed by atoms with Gasteiger partial charge in [0.05, 0.1) is 7.11 Å². The van der Waals surface area contributed by atoms with Crippen molar-refractivity contribution in [1.82, 2.24) is 4.90 Å². The molecule has 4 nitrogen and oxygen atoms in total. The van der Waals surface area contributed by atoms with Crippen LogP contribution in [0.15, 0.2) is 18.2 Å². The van der Waals surface area contributed by atoms with Gasteiger partial charge in [0, 0.05) is 26.8 Å². The van der Waals surface area contributed by atoms with Crippen LogP contribution in [-0.2, 0) is 15.9 Å². The van der Waals surface area contributed by atoms with E-state index < -0.39 is 0 Å². The third-order valence-corrected chi connectivity index (χ3v) is 4.13. The first kappa shape index (κ1) is 15.3. The van der Waals surface area contributed by atoms with Crippen LogP contribution in [0.4, 0.5) is 0 Å². The number of nitrogens with zero attached hydrogens (tertiary/aromatic N) is 1. The number of methoxy groups -OCH3 is 3. The molecular formula is C16H25NO3. The average molecular weight is 279 g/mol. The third-order valence-electron chi connectivity index (χ3n) is 4.13. The van der Waals surface area contributed by atoms with Crippen molar-refractivity contribution in [2.24, 2.45) is 0 Å². The normalized spacial score (nSPS) is 18.4. The molecule has 0 radical (unpaired) electrons. The SMILES string of the molecule is COc1ccc2c(c1)CCC[C@H]2N(C)CC(OC)OC. The predicted octanol–water partition coefficient (Wildman–Crippen LogP) is 2.62. The first-order valence-corrected chi connectivity index (χ1v) is 7.12. The number of ether oxygens (including phenoxy) is 3. The van der Waals surface area contributed by atoms with E-state index >= 15 is 0 Å². The fourth-order valence-electron chi connectivity index (χ4n) is 2.96. The van der Waals surface area contributed by atoms with E-state index in [0.717, 1.165) is 18.7 Å². The minimum absolute atomic E-state index is 0.177. The molecule has 0 bridgehead atoms. The molecule has 0 saturated carbocycles. The Morgan fingerprint density at radius 3 is 2.65 bits per heavy atom. The molecule has 0 heterocycles. The Hall–Kier alpha value is -1.10. The molecular weight excluding hydrogens is 254 g/mol. The van der Waals surface area contributed by atoms with Crippen molar-refractivity contribution < 1.29 is 14.2 Å². The van der Waals surface area contributed by atoms with Crippen LogP contribution in [0.25, 0.3) is 0 Å². The summed E-state index contributed by atoms with van der Waals surface area (Å²) in [6.45, 7) is 0.767. The summed E-state index contributed by atoms with van der Waals surface area (Å²) < 4.78 is 15.9. The standard InChI is InChI=1S/C16H25NO3/c1-17(11-16(19-3)20-4)15-7-5-6-12-10-13(18-2)8-9-14(12)15/h8-10,15-16H,5-7,11H2,1-4H3/t15-/m1/s1. The molecule has 1 aliphatic carbocycles. The van der Waals surface area contributed by atoms with Gasteiger partial charge in [-0.05, 0) is 49.6 Å². The summed E-state index contributed by atoms with van der Waals surface area (Å²) in [6.07, 6.45) is 3.34. The lowest BCUT2D eigenvalue weighted by atomic mass is 9.87. The molecule has 2 rings (SSSR count). The van der Waals surface area contributed by atoms with Gasteiger partial charge in [-0.1, -0.05) is 6.07 Å². The Morgan fingerprint density at radius 1 is 1.25 bits per heavy atom. The molecule has 0 saturated heterocycles. The molecule has 1 atom stereocenters. The molecule has 112 valence electrons. The van der Waals surface area contributed by atoms with E-state index in [1.54, 1.807) is 21.3 Å². The van der Waals surface area contributed by atoms with Crippen LogP contribution in [-0.4, -0.2) is 46.1 Å². The van der Waals surface area contributed by atoms with Crippen molar-refractivity contribution in [2.75, 3.05) is 34.9 Å². The summed E-state index contributed by atoms with van der Waals surface area (Å²) in [5.41, 5.74) is 2.81. The maximum absolute atomic E-state index is 5.32. The first-order chi connectivity index (χ1) is 9.69. The molecule has 1 aliphatic rings. The van der Waals surface area contributed by atoms with Crippen LogP contribution in [0.1, 0.15) is 30.0 Å². The third kappa shape index (κ3) is 3.32. The number of hydrogen-bond donors (Lipinski definition) is 0. The van der Waals surface area contributed by atoms with E-state index in [-0.39, 0.29) is 6.29 Å². The zero-order valence-corrected chi connectivity index (χ0v) is 12.9. The lowest BCUT2D eigenvalue weighted by molar-refractivity contribution is -0.118. The van der Waals surface area contributed by atoms with Crippen molar-refractivity contribution in [1.29, 1.82) is 0 Å². The van der Waals surface area contributed by atoms with Crippen molar-refractivity contribution in [3.8, 4) is 5.75 Å². The lowest BCUT2D eigenvalue weighted by Gasteiger charge is -2.34. The number of likely N-dealkylation sites (N-methyl/N-ethyl adjacent to an activating group) is 1. The molecule has 0 unspecified atom stereocenters. The minimum Gasteiger partial charge on any atom is -0.497 e. The average Bonchev–Trinajstić information content (AvgIpc) is 2.51. The van der Waals surface area contributed by atoms with Crippen molar-refractivity contribution in [3.63, 3.8) is 0 Å². The molecule has 0 spiro atoms.